The molecule has 0 atom stereocenters. The minimum atomic E-state index is -5.08. The van der Waals surface area contributed by atoms with Crippen LogP contribution in [0.25, 0.3) is 10.9 Å². The Balaban J connectivity index is 0.000000360. The molecule has 0 amide bonds. The van der Waals surface area contributed by atoms with Crippen LogP contribution in [0.3, 0.4) is 0 Å². The first-order chi connectivity index (χ1) is 15.2. The molecule has 2 heterocycles. The molecule has 0 radical (unpaired) electrons. The number of carbonyl (C=O) groups is 1. The number of carboxylic acid groups (broad SMARTS) is 1. The molecule has 0 saturated carbocycles. The van der Waals surface area contributed by atoms with Gasteiger partial charge in [0.15, 0.2) is 0 Å². The number of halogens is 5. The Bertz CT molecular complexity index is 1080. The fourth-order valence-electron chi connectivity index (χ4n) is 3.55. The van der Waals surface area contributed by atoms with Gasteiger partial charge in [0.25, 0.3) is 0 Å². The summed E-state index contributed by atoms with van der Waals surface area (Å²) < 4.78 is 41.2. The lowest BCUT2D eigenvalue weighted by molar-refractivity contribution is -0.192. The van der Waals surface area contributed by atoms with E-state index in [9.17, 15) is 13.2 Å². The van der Waals surface area contributed by atoms with Crippen molar-refractivity contribution in [3.05, 3.63) is 63.2 Å². The largest absolute Gasteiger partial charge is 0.494 e. The van der Waals surface area contributed by atoms with Crippen LogP contribution in [0, 0.1) is 0 Å². The second-order valence-corrected chi connectivity index (χ2v) is 8.48. The van der Waals surface area contributed by atoms with Gasteiger partial charge in [-0.15, -0.1) is 0 Å². The number of hydrogen-bond donors (Lipinski definition) is 2. The standard InChI is InChI=1S/C20H20BrClN2O.C2HF3O2/c21-14-2-7-19-18(12-14)17-8-9-23-13-20(17)24(19)10-1-11-25-16-5-3-15(22)4-6-16;3-2(4,5)1(6)7/h2-7,12,23H,1,8-11,13H2;(H,6,7). The quantitative estimate of drug-likeness (QED) is 0.407. The molecular formula is C22H21BrClF3N2O3. The zero-order valence-corrected chi connectivity index (χ0v) is 19.2. The van der Waals surface area contributed by atoms with E-state index in [-0.39, 0.29) is 0 Å². The number of aromatic nitrogens is 1. The summed E-state index contributed by atoms with van der Waals surface area (Å²) in [6, 6.07) is 14.1. The lowest BCUT2D eigenvalue weighted by Crippen LogP contribution is -2.25. The molecule has 0 fully saturated rings. The van der Waals surface area contributed by atoms with Gasteiger partial charge in [-0.25, -0.2) is 4.79 Å². The summed E-state index contributed by atoms with van der Waals surface area (Å²) in [6.07, 6.45) is -3.02. The number of ether oxygens (including phenoxy) is 1. The Morgan fingerprint density at radius 2 is 1.91 bits per heavy atom. The number of nitrogens with zero attached hydrogens (tertiary/aromatic N) is 1. The van der Waals surface area contributed by atoms with Gasteiger partial charge in [0.1, 0.15) is 5.75 Å². The molecule has 1 aliphatic heterocycles. The van der Waals surface area contributed by atoms with Crippen molar-refractivity contribution in [1.29, 1.82) is 0 Å². The van der Waals surface area contributed by atoms with Gasteiger partial charge < -0.3 is 19.7 Å². The van der Waals surface area contributed by atoms with Gasteiger partial charge in [0, 0.05) is 39.2 Å². The first-order valence-electron chi connectivity index (χ1n) is 9.85. The van der Waals surface area contributed by atoms with Gasteiger partial charge in [0.2, 0.25) is 0 Å². The summed E-state index contributed by atoms with van der Waals surface area (Å²) >= 11 is 9.52. The molecule has 2 aromatic carbocycles. The van der Waals surface area contributed by atoms with Crippen molar-refractivity contribution in [1.82, 2.24) is 9.88 Å². The van der Waals surface area contributed by atoms with Crippen molar-refractivity contribution in [3.8, 4) is 5.75 Å². The van der Waals surface area contributed by atoms with E-state index in [1.54, 1.807) is 0 Å². The molecule has 1 aromatic heterocycles. The van der Waals surface area contributed by atoms with Gasteiger partial charge in [0.05, 0.1) is 6.61 Å². The Kier molecular flexibility index (Phi) is 8.08. The van der Waals surface area contributed by atoms with Gasteiger partial charge in [-0.3, -0.25) is 0 Å². The van der Waals surface area contributed by atoms with Crippen LogP contribution in [-0.4, -0.2) is 35.0 Å². The molecule has 0 aliphatic carbocycles. The summed E-state index contributed by atoms with van der Waals surface area (Å²) in [7, 11) is 0. The smallest absolute Gasteiger partial charge is 0.490 e. The number of nitrogens with one attached hydrogen (secondary N) is 1. The maximum Gasteiger partial charge on any atom is 0.490 e. The highest BCUT2D eigenvalue weighted by atomic mass is 79.9. The number of rotatable bonds is 5. The molecule has 4 rings (SSSR count). The first-order valence-corrected chi connectivity index (χ1v) is 11.0. The van der Waals surface area contributed by atoms with Crippen LogP contribution in [0.15, 0.2) is 46.9 Å². The summed E-state index contributed by atoms with van der Waals surface area (Å²) in [6.45, 7) is 3.65. The normalized spacial score (nSPS) is 13.3. The molecule has 10 heteroatoms. The third kappa shape index (κ3) is 6.17. The van der Waals surface area contributed by atoms with Crippen LogP contribution in [-0.2, 0) is 24.3 Å². The molecule has 2 N–H and O–H groups in total. The molecule has 32 heavy (non-hydrogen) atoms. The minimum Gasteiger partial charge on any atom is -0.494 e. The molecule has 172 valence electrons. The van der Waals surface area contributed by atoms with Crippen molar-refractivity contribution in [3.63, 3.8) is 0 Å². The van der Waals surface area contributed by atoms with Crippen LogP contribution < -0.4 is 10.1 Å². The lowest BCUT2D eigenvalue weighted by atomic mass is 10.1. The Labute approximate surface area is 196 Å². The van der Waals surface area contributed by atoms with E-state index in [4.69, 9.17) is 26.2 Å². The van der Waals surface area contributed by atoms with E-state index in [0.29, 0.717) is 6.61 Å². The van der Waals surface area contributed by atoms with Crippen molar-refractivity contribution in [2.45, 2.75) is 32.1 Å². The fraction of sp³-hybridized carbons (Fsp3) is 0.318. The van der Waals surface area contributed by atoms with E-state index in [1.807, 2.05) is 24.3 Å². The predicted octanol–water partition coefficient (Wildman–Crippen LogP) is 5.81. The third-order valence-electron chi connectivity index (χ3n) is 4.94. The molecule has 0 unspecified atom stereocenters. The van der Waals surface area contributed by atoms with E-state index in [2.05, 4.69) is 44.0 Å². The van der Waals surface area contributed by atoms with E-state index < -0.39 is 12.1 Å². The van der Waals surface area contributed by atoms with Gasteiger partial charge in [-0.2, -0.15) is 13.2 Å². The van der Waals surface area contributed by atoms with E-state index in [1.165, 1.54) is 22.2 Å². The first kappa shape index (κ1) is 24.4. The van der Waals surface area contributed by atoms with Crippen molar-refractivity contribution < 1.29 is 27.8 Å². The highest BCUT2D eigenvalue weighted by molar-refractivity contribution is 9.10. The number of benzene rings is 2. The molecule has 0 saturated heterocycles. The number of aryl methyl sites for hydroxylation is 1. The summed E-state index contributed by atoms with van der Waals surface area (Å²) in [5.74, 6) is -1.89. The van der Waals surface area contributed by atoms with Gasteiger partial charge in [-0.1, -0.05) is 27.5 Å². The summed E-state index contributed by atoms with van der Waals surface area (Å²) in [5.41, 5.74) is 4.24. The van der Waals surface area contributed by atoms with Gasteiger partial charge in [-0.05, 0) is 67.4 Å². The van der Waals surface area contributed by atoms with Crippen LogP contribution in [0.4, 0.5) is 13.2 Å². The molecule has 3 aromatic rings. The Morgan fingerprint density at radius 3 is 2.56 bits per heavy atom. The van der Waals surface area contributed by atoms with Gasteiger partial charge >= 0.3 is 12.1 Å². The highest BCUT2D eigenvalue weighted by Crippen LogP contribution is 2.31. The second-order valence-electron chi connectivity index (χ2n) is 7.12. The number of hydrogen-bond acceptors (Lipinski definition) is 3. The van der Waals surface area contributed by atoms with Crippen LogP contribution in [0.5, 0.6) is 5.75 Å². The van der Waals surface area contributed by atoms with Crippen LogP contribution in [0.2, 0.25) is 5.02 Å². The Morgan fingerprint density at radius 1 is 1.22 bits per heavy atom. The van der Waals surface area contributed by atoms with Crippen molar-refractivity contribution in [2.75, 3.05) is 13.2 Å². The third-order valence-corrected chi connectivity index (χ3v) is 5.69. The number of alkyl halides is 3. The zero-order chi connectivity index (χ0) is 23.3. The lowest BCUT2D eigenvalue weighted by Gasteiger charge is -2.17. The average Bonchev–Trinajstić information content (AvgIpc) is 3.05. The summed E-state index contributed by atoms with van der Waals surface area (Å²) in [5, 5.41) is 12.7. The zero-order valence-electron chi connectivity index (χ0n) is 16.9. The average molecular weight is 534 g/mol. The molecule has 1 aliphatic rings. The maximum atomic E-state index is 10.6. The maximum absolute atomic E-state index is 10.6. The summed E-state index contributed by atoms with van der Waals surface area (Å²) in [4.78, 5) is 8.90. The van der Waals surface area contributed by atoms with E-state index >= 15 is 0 Å². The van der Waals surface area contributed by atoms with Crippen molar-refractivity contribution >= 4 is 44.4 Å². The van der Waals surface area contributed by atoms with Crippen molar-refractivity contribution in [2.24, 2.45) is 0 Å². The predicted molar refractivity (Wildman–Crippen MR) is 120 cm³/mol. The Hall–Kier alpha value is -2.23. The monoisotopic (exact) mass is 532 g/mol. The topological polar surface area (TPSA) is 63.5 Å². The fourth-order valence-corrected chi connectivity index (χ4v) is 4.04. The minimum absolute atomic E-state index is 0.694. The molecular weight excluding hydrogens is 513 g/mol. The molecule has 0 spiro atoms. The highest BCUT2D eigenvalue weighted by Gasteiger charge is 2.38. The SMILES string of the molecule is Clc1ccc(OCCCn2c3c(c4cc(Br)ccc42)CCNC3)cc1.O=C(O)C(F)(F)F. The number of carboxylic acids is 1. The molecule has 5 nitrogen and oxygen atoms in total. The number of fused-ring (bicyclic) bond motifs is 3. The van der Waals surface area contributed by atoms with Crippen LogP contribution in [0.1, 0.15) is 17.7 Å². The number of aliphatic carboxylic acids is 1. The van der Waals surface area contributed by atoms with Crippen LogP contribution >= 0.6 is 27.5 Å². The van der Waals surface area contributed by atoms with E-state index in [0.717, 1.165) is 47.7 Å². The second kappa shape index (κ2) is 10.6. The molecule has 0 bridgehead atoms.